The molecule has 4 aromatic carbocycles. The van der Waals surface area contributed by atoms with Gasteiger partial charge < -0.3 is 19.7 Å². The summed E-state index contributed by atoms with van der Waals surface area (Å²) in [5.74, 6) is 1.70. The number of nitrogens with zero attached hydrogens (tertiary/aromatic N) is 1. The van der Waals surface area contributed by atoms with Crippen molar-refractivity contribution in [1.82, 2.24) is 0 Å². The van der Waals surface area contributed by atoms with Crippen LogP contribution in [-0.2, 0) is 10.3 Å². The second-order valence-corrected chi connectivity index (χ2v) is 11.8. The van der Waals surface area contributed by atoms with Crippen LogP contribution in [-0.4, -0.2) is 19.1 Å². The lowest BCUT2D eigenvalue weighted by atomic mass is 9.77. The molecule has 2 unspecified atom stereocenters. The molecule has 1 spiro atoms. The van der Waals surface area contributed by atoms with Gasteiger partial charge in [-0.05, 0) is 66.3 Å². The second kappa shape index (κ2) is 8.37. The molecule has 5 nitrogen and oxygen atoms in total. The van der Waals surface area contributed by atoms with Crippen LogP contribution in [0.4, 0.5) is 17.1 Å². The number of benzene rings is 4. The molecule has 3 heterocycles. The topological polar surface area (TPSA) is 50.8 Å². The van der Waals surface area contributed by atoms with Crippen molar-refractivity contribution in [3.05, 3.63) is 113 Å². The zero-order valence-corrected chi connectivity index (χ0v) is 22.7. The van der Waals surface area contributed by atoms with Gasteiger partial charge in [0.25, 0.3) is 0 Å². The maximum Gasteiger partial charge on any atom is 0.340 e. The first-order valence-corrected chi connectivity index (χ1v) is 13.6. The van der Waals surface area contributed by atoms with Gasteiger partial charge in [-0.25, -0.2) is 4.79 Å². The Balaban J connectivity index is 1.40. The molecule has 5 heteroatoms. The van der Waals surface area contributed by atoms with E-state index in [9.17, 15) is 4.79 Å². The van der Waals surface area contributed by atoms with Crippen LogP contribution in [0.5, 0.6) is 11.5 Å². The lowest BCUT2D eigenvalue weighted by molar-refractivity contribution is 0.0224. The summed E-state index contributed by atoms with van der Waals surface area (Å²) >= 11 is 0. The number of fused-ring (bicyclic) bond motifs is 6. The van der Waals surface area contributed by atoms with Crippen molar-refractivity contribution in [2.24, 2.45) is 11.3 Å². The summed E-state index contributed by atoms with van der Waals surface area (Å²) in [5, 5.41) is 3.54. The fraction of sp³-hybridized carbons (Fsp3) is 0.265. The number of esters is 1. The zero-order chi connectivity index (χ0) is 26.9. The molecule has 3 aliphatic heterocycles. The van der Waals surface area contributed by atoms with Crippen molar-refractivity contribution in [2.75, 3.05) is 23.3 Å². The lowest BCUT2D eigenvalue weighted by Crippen LogP contribution is -2.33. The van der Waals surface area contributed by atoms with E-state index >= 15 is 0 Å². The molecule has 3 aliphatic rings. The predicted molar refractivity (Wildman–Crippen MR) is 154 cm³/mol. The number of hydrogen-bond donors (Lipinski definition) is 1. The van der Waals surface area contributed by atoms with Crippen LogP contribution in [0.15, 0.2) is 84.9 Å². The summed E-state index contributed by atoms with van der Waals surface area (Å²) in [4.78, 5) is 15.7. The van der Waals surface area contributed by atoms with E-state index in [4.69, 9.17) is 9.47 Å². The van der Waals surface area contributed by atoms with Crippen LogP contribution in [0.3, 0.4) is 0 Å². The quantitative estimate of drug-likeness (QED) is 0.282. The molecule has 0 radical (unpaired) electrons. The van der Waals surface area contributed by atoms with Gasteiger partial charge in [0.15, 0.2) is 5.60 Å². The normalized spacial score (nSPS) is 22.1. The summed E-state index contributed by atoms with van der Waals surface area (Å²) in [6.07, 6.45) is 0. The number of anilines is 3. The Hall–Kier alpha value is -4.25. The number of aryl methyl sites for hydroxylation is 1. The molecule has 4 aromatic rings. The second-order valence-electron chi connectivity index (χ2n) is 11.8. The molecule has 0 bridgehead atoms. The highest BCUT2D eigenvalue weighted by Crippen LogP contribution is 2.57. The molecular formula is C34H32N2O3. The van der Waals surface area contributed by atoms with E-state index in [1.165, 1.54) is 0 Å². The predicted octanol–water partition coefficient (Wildman–Crippen LogP) is 7.79. The van der Waals surface area contributed by atoms with E-state index in [2.05, 4.69) is 62.2 Å². The Bertz CT molecular complexity index is 1630. The zero-order valence-electron chi connectivity index (χ0n) is 22.7. The third-order valence-electron chi connectivity index (χ3n) is 8.89. The van der Waals surface area contributed by atoms with E-state index in [0.717, 1.165) is 58.2 Å². The maximum absolute atomic E-state index is 13.3. The highest BCUT2D eigenvalue weighted by atomic mass is 16.6. The Kier molecular flexibility index (Phi) is 5.12. The number of para-hydroxylation sites is 1. The maximum atomic E-state index is 13.3. The van der Waals surface area contributed by atoms with Crippen molar-refractivity contribution >= 4 is 23.0 Å². The molecular weight excluding hydrogens is 484 g/mol. The average molecular weight is 517 g/mol. The van der Waals surface area contributed by atoms with Crippen LogP contribution in [0.2, 0.25) is 0 Å². The molecule has 0 amide bonds. The molecule has 7 rings (SSSR count). The molecule has 0 saturated carbocycles. The van der Waals surface area contributed by atoms with E-state index < -0.39 is 5.60 Å². The standard InChI is InChI=1S/C34H32N2O3/c1-21-16-30-28(18-29(21)35-23-10-6-5-7-11-23)34(26-13-9-8-12-25(26)32(37)39-34)27-15-14-24(17-31(27)38-30)36-19-22(2)33(3,4)20-36/h5-18,22,35H,19-20H2,1-4H3. The van der Waals surface area contributed by atoms with Crippen molar-refractivity contribution in [1.29, 1.82) is 0 Å². The monoisotopic (exact) mass is 516 g/mol. The van der Waals surface area contributed by atoms with E-state index in [-0.39, 0.29) is 11.4 Å². The summed E-state index contributed by atoms with van der Waals surface area (Å²) in [6, 6.07) is 28.3. The Morgan fingerprint density at radius 3 is 2.38 bits per heavy atom. The fourth-order valence-corrected chi connectivity index (χ4v) is 6.30. The molecule has 1 N–H and O–H groups in total. The van der Waals surface area contributed by atoms with Gasteiger partial charge in [0.2, 0.25) is 0 Å². The van der Waals surface area contributed by atoms with Gasteiger partial charge in [0, 0.05) is 52.9 Å². The van der Waals surface area contributed by atoms with E-state index in [1.807, 2.05) is 60.7 Å². The fourth-order valence-electron chi connectivity index (χ4n) is 6.30. The van der Waals surface area contributed by atoms with Crippen molar-refractivity contribution in [3.63, 3.8) is 0 Å². The summed E-state index contributed by atoms with van der Waals surface area (Å²) in [5.41, 5.74) is 6.35. The molecule has 0 aliphatic carbocycles. The first kappa shape index (κ1) is 23.8. The average Bonchev–Trinajstić information content (AvgIpc) is 3.38. The van der Waals surface area contributed by atoms with E-state index in [0.29, 0.717) is 17.2 Å². The summed E-state index contributed by atoms with van der Waals surface area (Å²) < 4.78 is 13.0. The van der Waals surface area contributed by atoms with Gasteiger partial charge >= 0.3 is 5.97 Å². The van der Waals surface area contributed by atoms with Gasteiger partial charge in [-0.2, -0.15) is 0 Å². The molecule has 196 valence electrons. The number of carbonyl (C=O) groups is 1. The summed E-state index contributed by atoms with van der Waals surface area (Å²) in [6.45, 7) is 11.0. The highest BCUT2D eigenvalue weighted by Gasteiger charge is 2.54. The van der Waals surface area contributed by atoms with E-state index in [1.54, 1.807) is 0 Å². The molecule has 39 heavy (non-hydrogen) atoms. The minimum Gasteiger partial charge on any atom is -0.456 e. The van der Waals surface area contributed by atoms with Crippen LogP contribution in [0, 0.1) is 18.3 Å². The Morgan fingerprint density at radius 1 is 0.872 bits per heavy atom. The smallest absolute Gasteiger partial charge is 0.340 e. The van der Waals surface area contributed by atoms with Gasteiger partial charge in [-0.1, -0.05) is 57.2 Å². The SMILES string of the molecule is Cc1cc2c(cc1Nc1ccccc1)C1(OC(=O)c3ccccc31)c1ccc(N3CC(C)C(C)(C)C3)cc1O2. The van der Waals surface area contributed by atoms with Crippen molar-refractivity contribution < 1.29 is 14.3 Å². The highest BCUT2D eigenvalue weighted by molar-refractivity contribution is 5.97. The number of rotatable bonds is 3. The third-order valence-corrected chi connectivity index (χ3v) is 8.89. The Morgan fingerprint density at radius 2 is 1.62 bits per heavy atom. The van der Waals surface area contributed by atoms with Crippen molar-refractivity contribution in [2.45, 2.75) is 33.3 Å². The first-order chi connectivity index (χ1) is 18.8. The first-order valence-electron chi connectivity index (χ1n) is 13.6. The minimum atomic E-state index is -1.09. The molecule has 0 aromatic heterocycles. The van der Waals surface area contributed by atoms with Gasteiger partial charge in [-0.15, -0.1) is 0 Å². The van der Waals surface area contributed by atoms with Crippen molar-refractivity contribution in [3.8, 4) is 11.5 Å². The Labute approximate surface area is 229 Å². The summed E-state index contributed by atoms with van der Waals surface area (Å²) in [7, 11) is 0. The van der Waals surface area contributed by atoms with Gasteiger partial charge in [0.05, 0.1) is 5.56 Å². The largest absolute Gasteiger partial charge is 0.456 e. The molecule has 1 fully saturated rings. The lowest BCUT2D eigenvalue weighted by Gasteiger charge is -2.37. The molecule has 1 saturated heterocycles. The number of carbonyl (C=O) groups excluding carboxylic acids is 1. The number of nitrogens with one attached hydrogen (secondary N) is 1. The van der Waals surface area contributed by atoms with Gasteiger partial charge in [-0.3, -0.25) is 0 Å². The van der Waals surface area contributed by atoms with Crippen LogP contribution in [0.25, 0.3) is 0 Å². The van der Waals surface area contributed by atoms with Gasteiger partial charge in [0.1, 0.15) is 11.5 Å². The minimum absolute atomic E-state index is 0.240. The number of hydrogen-bond acceptors (Lipinski definition) is 5. The van der Waals surface area contributed by atoms with Crippen LogP contribution >= 0.6 is 0 Å². The number of ether oxygens (including phenoxy) is 2. The molecule has 2 atom stereocenters. The van der Waals surface area contributed by atoms with Crippen LogP contribution < -0.4 is 15.0 Å². The van der Waals surface area contributed by atoms with Crippen LogP contribution in [0.1, 0.15) is 53.4 Å². The third kappa shape index (κ3) is 3.56.